The Morgan fingerprint density at radius 1 is 1.31 bits per heavy atom. The highest BCUT2D eigenvalue weighted by Crippen LogP contribution is 2.24. The maximum atomic E-state index is 9.11. The monoisotopic (exact) mass is 286 g/mol. The standard InChI is InChI=1S/C13H19BrO2/c1-13(2,3)6-7-16-11-4-5-12(14)10(8-11)9-15/h4-5,8,15H,6-7,9H2,1-3H3. The molecular weight excluding hydrogens is 268 g/mol. The molecule has 90 valence electrons. The maximum absolute atomic E-state index is 9.11. The molecule has 0 spiro atoms. The lowest BCUT2D eigenvalue weighted by Gasteiger charge is -2.18. The predicted octanol–water partition coefficient (Wildman–Crippen LogP) is 3.76. The van der Waals surface area contributed by atoms with Gasteiger partial charge in [0, 0.05) is 4.47 Å². The van der Waals surface area contributed by atoms with E-state index in [-0.39, 0.29) is 12.0 Å². The first-order valence-electron chi connectivity index (χ1n) is 5.44. The topological polar surface area (TPSA) is 29.5 Å². The molecule has 0 aromatic heterocycles. The molecule has 0 unspecified atom stereocenters. The summed E-state index contributed by atoms with van der Waals surface area (Å²) in [5, 5.41) is 9.11. The molecule has 0 fully saturated rings. The second-order valence-electron chi connectivity index (χ2n) is 5.07. The average molecular weight is 287 g/mol. The van der Waals surface area contributed by atoms with Crippen molar-refractivity contribution >= 4 is 15.9 Å². The Morgan fingerprint density at radius 2 is 2.00 bits per heavy atom. The summed E-state index contributed by atoms with van der Waals surface area (Å²) >= 11 is 3.37. The predicted molar refractivity (Wildman–Crippen MR) is 69.6 cm³/mol. The Morgan fingerprint density at radius 3 is 2.56 bits per heavy atom. The van der Waals surface area contributed by atoms with Crippen LogP contribution in [0, 0.1) is 5.41 Å². The Labute approximate surface area is 106 Å². The van der Waals surface area contributed by atoms with Gasteiger partial charge in [-0.1, -0.05) is 36.7 Å². The normalized spacial score (nSPS) is 11.6. The molecule has 0 radical (unpaired) electrons. The van der Waals surface area contributed by atoms with E-state index in [1.165, 1.54) is 0 Å². The summed E-state index contributed by atoms with van der Waals surface area (Å²) in [4.78, 5) is 0. The zero-order valence-electron chi connectivity index (χ0n) is 10.1. The third-order valence-corrected chi connectivity index (χ3v) is 3.08. The van der Waals surface area contributed by atoms with Crippen molar-refractivity contribution in [3.63, 3.8) is 0 Å². The quantitative estimate of drug-likeness (QED) is 0.913. The Bertz CT molecular complexity index is 342. The average Bonchev–Trinajstić information content (AvgIpc) is 2.18. The molecule has 3 heteroatoms. The fourth-order valence-corrected chi connectivity index (χ4v) is 1.61. The van der Waals surface area contributed by atoms with E-state index in [0.29, 0.717) is 6.61 Å². The maximum Gasteiger partial charge on any atom is 0.119 e. The van der Waals surface area contributed by atoms with Crippen molar-refractivity contribution in [3.8, 4) is 5.75 Å². The lowest BCUT2D eigenvalue weighted by atomic mass is 9.93. The molecule has 0 heterocycles. The van der Waals surface area contributed by atoms with Gasteiger partial charge in [-0.25, -0.2) is 0 Å². The minimum absolute atomic E-state index is 0.0249. The fourth-order valence-electron chi connectivity index (χ4n) is 1.24. The molecule has 0 saturated heterocycles. The summed E-state index contributed by atoms with van der Waals surface area (Å²) < 4.78 is 6.56. The highest BCUT2D eigenvalue weighted by Gasteiger charge is 2.10. The summed E-state index contributed by atoms with van der Waals surface area (Å²) in [5.41, 5.74) is 1.14. The number of rotatable bonds is 4. The van der Waals surface area contributed by atoms with Gasteiger partial charge in [-0.3, -0.25) is 0 Å². The van der Waals surface area contributed by atoms with Gasteiger partial charge in [0.1, 0.15) is 5.75 Å². The van der Waals surface area contributed by atoms with Crippen LogP contribution in [0.5, 0.6) is 5.75 Å². The lowest BCUT2D eigenvalue weighted by molar-refractivity contribution is 0.241. The van der Waals surface area contributed by atoms with Crippen molar-refractivity contribution in [3.05, 3.63) is 28.2 Å². The van der Waals surface area contributed by atoms with Crippen molar-refractivity contribution in [2.24, 2.45) is 5.41 Å². The molecule has 0 aliphatic rings. The van der Waals surface area contributed by atoms with Crippen LogP contribution in [0.4, 0.5) is 0 Å². The number of aliphatic hydroxyl groups excluding tert-OH is 1. The van der Waals surface area contributed by atoms with E-state index in [4.69, 9.17) is 9.84 Å². The van der Waals surface area contributed by atoms with E-state index < -0.39 is 0 Å². The van der Waals surface area contributed by atoms with Crippen LogP contribution in [-0.2, 0) is 6.61 Å². The zero-order valence-corrected chi connectivity index (χ0v) is 11.7. The van der Waals surface area contributed by atoms with Gasteiger partial charge in [-0.2, -0.15) is 0 Å². The first-order chi connectivity index (χ1) is 7.42. The molecule has 1 N–H and O–H groups in total. The van der Waals surface area contributed by atoms with Crippen molar-refractivity contribution in [1.82, 2.24) is 0 Å². The fraction of sp³-hybridized carbons (Fsp3) is 0.538. The summed E-state index contributed by atoms with van der Waals surface area (Å²) in [5.74, 6) is 0.816. The molecule has 0 saturated carbocycles. The van der Waals surface area contributed by atoms with E-state index in [2.05, 4.69) is 36.7 Å². The summed E-state index contributed by atoms with van der Waals surface area (Å²) in [6.45, 7) is 7.30. The summed E-state index contributed by atoms with van der Waals surface area (Å²) in [6.07, 6.45) is 1.01. The number of hydrogen-bond donors (Lipinski definition) is 1. The molecule has 1 rings (SSSR count). The van der Waals surface area contributed by atoms with Gasteiger partial charge in [-0.05, 0) is 35.6 Å². The van der Waals surface area contributed by atoms with Crippen LogP contribution >= 0.6 is 15.9 Å². The Hall–Kier alpha value is -0.540. The molecule has 0 amide bonds. The molecule has 16 heavy (non-hydrogen) atoms. The molecule has 1 aromatic carbocycles. The first-order valence-corrected chi connectivity index (χ1v) is 6.24. The van der Waals surface area contributed by atoms with Crippen LogP contribution in [-0.4, -0.2) is 11.7 Å². The zero-order chi connectivity index (χ0) is 12.2. The molecule has 1 aromatic rings. The molecule has 0 bridgehead atoms. The van der Waals surface area contributed by atoms with Crippen molar-refractivity contribution in [2.75, 3.05) is 6.61 Å². The Kier molecular flexibility index (Phi) is 4.81. The number of benzene rings is 1. The second kappa shape index (κ2) is 5.69. The van der Waals surface area contributed by atoms with E-state index in [9.17, 15) is 0 Å². The Balaban J connectivity index is 2.55. The highest BCUT2D eigenvalue weighted by molar-refractivity contribution is 9.10. The van der Waals surface area contributed by atoms with Crippen molar-refractivity contribution < 1.29 is 9.84 Å². The molecule has 0 aliphatic heterocycles. The van der Waals surface area contributed by atoms with Crippen LogP contribution < -0.4 is 4.74 Å². The van der Waals surface area contributed by atoms with E-state index in [0.717, 1.165) is 22.2 Å². The lowest BCUT2D eigenvalue weighted by Crippen LogP contribution is -2.11. The van der Waals surface area contributed by atoms with E-state index >= 15 is 0 Å². The summed E-state index contributed by atoms with van der Waals surface area (Å²) in [7, 11) is 0. The van der Waals surface area contributed by atoms with E-state index in [1.54, 1.807) is 0 Å². The summed E-state index contributed by atoms with van der Waals surface area (Å²) in [6, 6.07) is 5.68. The third kappa shape index (κ3) is 4.54. The van der Waals surface area contributed by atoms with Gasteiger partial charge in [0.2, 0.25) is 0 Å². The minimum atomic E-state index is 0.0249. The van der Waals surface area contributed by atoms with Gasteiger partial charge in [0.15, 0.2) is 0 Å². The van der Waals surface area contributed by atoms with Crippen LogP contribution in [0.25, 0.3) is 0 Å². The number of hydrogen-bond acceptors (Lipinski definition) is 2. The first kappa shape index (κ1) is 13.5. The number of aliphatic hydroxyl groups is 1. The van der Waals surface area contributed by atoms with Gasteiger partial charge in [0.05, 0.1) is 13.2 Å². The third-order valence-electron chi connectivity index (χ3n) is 2.31. The van der Waals surface area contributed by atoms with Crippen LogP contribution in [0.1, 0.15) is 32.8 Å². The van der Waals surface area contributed by atoms with Gasteiger partial charge < -0.3 is 9.84 Å². The van der Waals surface area contributed by atoms with Crippen LogP contribution in [0.2, 0.25) is 0 Å². The smallest absolute Gasteiger partial charge is 0.119 e. The second-order valence-corrected chi connectivity index (χ2v) is 5.92. The van der Waals surface area contributed by atoms with Gasteiger partial charge >= 0.3 is 0 Å². The molecular formula is C13H19BrO2. The van der Waals surface area contributed by atoms with E-state index in [1.807, 2.05) is 18.2 Å². The van der Waals surface area contributed by atoms with Crippen molar-refractivity contribution in [1.29, 1.82) is 0 Å². The van der Waals surface area contributed by atoms with Gasteiger partial charge in [-0.15, -0.1) is 0 Å². The van der Waals surface area contributed by atoms with Gasteiger partial charge in [0.25, 0.3) is 0 Å². The minimum Gasteiger partial charge on any atom is -0.494 e. The van der Waals surface area contributed by atoms with Crippen molar-refractivity contribution in [2.45, 2.75) is 33.8 Å². The largest absolute Gasteiger partial charge is 0.494 e. The number of halogens is 1. The highest BCUT2D eigenvalue weighted by atomic mass is 79.9. The molecule has 0 aliphatic carbocycles. The number of ether oxygens (including phenoxy) is 1. The SMILES string of the molecule is CC(C)(C)CCOc1ccc(Br)c(CO)c1. The van der Waals surface area contributed by atoms with Crippen LogP contribution in [0.3, 0.4) is 0 Å². The molecule has 0 atom stereocenters. The van der Waals surface area contributed by atoms with Crippen LogP contribution in [0.15, 0.2) is 22.7 Å². The molecule has 2 nitrogen and oxygen atoms in total.